The molecule has 0 atom stereocenters. The minimum Gasteiger partial charge on any atom is -0.208 e. The van der Waals surface area contributed by atoms with E-state index in [9.17, 15) is 0 Å². The van der Waals surface area contributed by atoms with E-state index in [1.54, 1.807) is 0 Å². The molecule has 166 valence electrons. The van der Waals surface area contributed by atoms with Crippen molar-refractivity contribution in [3.63, 3.8) is 0 Å². The maximum atomic E-state index is 5.03. The molecule has 5 aromatic carbocycles. The fourth-order valence-electron chi connectivity index (χ4n) is 4.41. The van der Waals surface area contributed by atoms with Crippen LogP contribution < -0.4 is 0 Å². The SMILES string of the molecule is Cc1ccc(-c2ccc3ccccc3c2-c2nc(-c3ccccc3)nc(-c3ccccc3)n2)cc1. The van der Waals surface area contributed by atoms with Gasteiger partial charge in [0, 0.05) is 16.7 Å². The molecule has 6 aromatic rings. The van der Waals surface area contributed by atoms with E-state index in [-0.39, 0.29) is 0 Å². The van der Waals surface area contributed by atoms with E-state index in [1.807, 2.05) is 60.7 Å². The summed E-state index contributed by atoms with van der Waals surface area (Å²) in [5, 5.41) is 2.27. The Bertz CT molecular complexity index is 1570. The Hall–Kier alpha value is -4.63. The fraction of sp³-hybridized carbons (Fsp3) is 0.0312. The Balaban J connectivity index is 1.67. The van der Waals surface area contributed by atoms with Crippen LogP contribution in [0.5, 0.6) is 0 Å². The lowest BCUT2D eigenvalue weighted by Crippen LogP contribution is -2.01. The van der Waals surface area contributed by atoms with Gasteiger partial charge in [0.05, 0.1) is 0 Å². The normalized spacial score (nSPS) is 11.0. The molecule has 0 saturated heterocycles. The van der Waals surface area contributed by atoms with Crippen LogP contribution >= 0.6 is 0 Å². The van der Waals surface area contributed by atoms with Crippen LogP contribution in [0.15, 0.2) is 121 Å². The summed E-state index contributed by atoms with van der Waals surface area (Å²) in [6, 6.07) is 41.6. The fourth-order valence-corrected chi connectivity index (χ4v) is 4.41. The summed E-state index contributed by atoms with van der Waals surface area (Å²) in [6.07, 6.45) is 0. The lowest BCUT2D eigenvalue weighted by Gasteiger charge is -2.15. The van der Waals surface area contributed by atoms with Gasteiger partial charge in [-0.3, -0.25) is 0 Å². The van der Waals surface area contributed by atoms with Gasteiger partial charge in [0.25, 0.3) is 0 Å². The summed E-state index contributed by atoms with van der Waals surface area (Å²) in [7, 11) is 0. The average Bonchev–Trinajstić information content (AvgIpc) is 2.93. The van der Waals surface area contributed by atoms with Crippen molar-refractivity contribution in [1.82, 2.24) is 15.0 Å². The zero-order valence-corrected chi connectivity index (χ0v) is 19.4. The molecule has 0 bridgehead atoms. The number of hydrogen-bond donors (Lipinski definition) is 0. The monoisotopic (exact) mass is 449 g/mol. The summed E-state index contributed by atoms with van der Waals surface area (Å²) in [4.78, 5) is 14.9. The van der Waals surface area contributed by atoms with Crippen molar-refractivity contribution in [2.45, 2.75) is 6.92 Å². The molecule has 1 aromatic heterocycles. The van der Waals surface area contributed by atoms with E-state index in [2.05, 4.69) is 67.6 Å². The van der Waals surface area contributed by atoms with Gasteiger partial charge in [0.15, 0.2) is 17.5 Å². The van der Waals surface area contributed by atoms with E-state index in [0.29, 0.717) is 17.5 Å². The number of aryl methyl sites for hydroxylation is 1. The Morgan fingerprint density at radius 1 is 0.429 bits per heavy atom. The van der Waals surface area contributed by atoms with Crippen LogP contribution in [-0.4, -0.2) is 15.0 Å². The average molecular weight is 450 g/mol. The molecule has 35 heavy (non-hydrogen) atoms. The molecule has 0 aliphatic rings. The second-order valence-electron chi connectivity index (χ2n) is 8.61. The van der Waals surface area contributed by atoms with E-state index in [0.717, 1.165) is 38.6 Å². The molecular formula is C32H23N3. The van der Waals surface area contributed by atoms with Crippen molar-refractivity contribution >= 4 is 10.8 Å². The first-order valence-corrected chi connectivity index (χ1v) is 11.7. The smallest absolute Gasteiger partial charge is 0.165 e. The number of rotatable bonds is 4. The first-order chi connectivity index (χ1) is 17.3. The molecule has 0 N–H and O–H groups in total. The van der Waals surface area contributed by atoms with E-state index in [4.69, 9.17) is 15.0 Å². The van der Waals surface area contributed by atoms with Crippen LogP contribution in [-0.2, 0) is 0 Å². The third-order valence-electron chi connectivity index (χ3n) is 6.21. The number of hydrogen-bond acceptors (Lipinski definition) is 3. The Morgan fingerprint density at radius 3 is 1.60 bits per heavy atom. The van der Waals surface area contributed by atoms with Gasteiger partial charge < -0.3 is 0 Å². The second-order valence-corrected chi connectivity index (χ2v) is 8.61. The van der Waals surface area contributed by atoms with Crippen LogP contribution in [0, 0.1) is 6.92 Å². The zero-order valence-electron chi connectivity index (χ0n) is 19.4. The van der Waals surface area contributed by atoms with E-state index >= 15 is 0 Å². The van der Waals surface area contributed by atoms with Gasteiger partial charge in [0.2, 0.25) is 0 Å². The maximum absolute atomic E-state index is 5.03. The number of aromatic nitrogens is 3. The minimum atomic E-state index is 0.664. The van der Waals surface area contributed by atoms with Gasteiger partial charge in [0.1, 0.15) is 0 Å². The molecular weight excluding hydrogens is 426 g/mol. The quantitative estimate of drug-likeness (QED) is 0.274. The molecule has 0 spiro atoms. The molecule has 0 aliphatic carbocycles. The minimum absolute atomic E-state index is 0.664. The third-order valence-corrected chi connectivity index (χ3v) is 6.21. The molecule has 0 fully saturated rings. The third kappa shape index (κ3) is 4.09. The lowest BCUT2D eigenvalue weighted by atomic mass is 9.93. The van der Waals surface area contributed by atoms with Gasteiger partial charge in [-0.05, 0) is 28.8 Å². The van der Waals surface area contributed by atoms with Crippen LogP contribution in [0.1, 0.15) is 5.56 Å². The first kappa shape index (κ1) is 20.9. The van der Waals surface area contributed by atoms with Crippen molar-refractivity contribution in [2.24, 2.45) is 0 Å². The topological polar surface area (TPSA) is 38.7 Å². The number of fused-ring (bicyclic) bond motifs is 1. The van der Waals surface area contributed by atoms with Crippen molar-refractivity contribution in [1.29, 1.82) is 0 Å². The van der Waals surface area contributed by atoms with Crippen molar-refractivity contribution in [2.75, 3.05) is 0 Å². The van der Waals surface area contributed by atoms with Gasteiger partial charge in [-0.2, -0.15) is 0 Å². The second kappa shape index (κ2) is 8.96. The summed E-state index contributed by atoms with van der Waals surface area (Å²) in [5.41, 5.74) is 6.42. The highest BCUT2D eigenvalue weighted by atomic mass is 15.0. The molecule has 0 saturated carbocycles. The van der Waals surface area contributed by atoms with Crippen molar-refractivity contribution < 1.29 is 0 Å². The summed E-state index contributed by atoms with van der Waals surface area (Å²) >= 11 is 0. The van der Waals surface area contributed by atoms with Gasteiger partial charge >= 0.3 is 0 Å². The van der Waals surface area contributed by atoms with Crippen LogP contribution in [0.4, 0.5) is 0 Å². The molecule has 3 heteroatoms. The summed E-state index contributed by atoms with van der Waals surface area (Å²) in [6.45, 7) is 2.11. The lowest BCUT2D eigenvalue weighted by molar-refractivity contribution is 1.08. The van der Waals surface area contributed by atoms with Crippen LogP contribution in [0.2, 0.25) is 0 Å². The highest BCUT2D eigenvalue weighted by Gasteiger charge is 2.18. The Labute approximate surface area is 204 Å². The molecule has 3 nitrogen and oxygen atoms in total. The van der Waals surface area contributed by atoms with Crippen molar-refractivity contribution in [3.05, 3.63) is 127 Å². The molecule has 6 rings (SSSR count). The number of benzene rings is 5. The molecule has 0 amide bonds. The predicted molar refractivity (Wildman–Crippen MR) is 144 cm³/mol. The Kier molecular flexibility index (Phi) is 5.36. The zero-order chi connectivity index (χ0) is 23.6. The van der Waals surface area contributed by atoms with Crippen LogP contribution in [0.3, 0.4) is 0 Å². The molecule has 0 unspecified atom stereocenters. The molecule has 1 heterocycles. The van der Waals surface area contributed by atoms with Gasteiger partial charge in [-0.15, -0.1) is 0 Å². The molecule has 0 aliphatic heterocycles. The highest BCUT2D eigenvalue weighted by molar-refractivity contribution is 6.03. The highest BCUT2D eigenvalue weighted by Crippen LogP contribution is 2.38. The molecule has 0 radical (unpaired) electrons. The summed E-state index contributed by atoms with van der Waals surface area (Å²) in [5.74, 6) is 2.00. The van der Waals surface area contributed by atoms with Crippen LogP contribution in [0.25, 0.3) is 56.1 Å². The number of nitrogens with zero attached hydrogens (tertiary/aromatic N) is 3. The van der Waals surface area contributed by atoms with Crippen molar-refractivity contribution in [3.8, 4) is 45.3 Å². The van der Waals surface area contributed by atoms with Gasteiger partial charge in [-0.25, -0.2) is 15.0 Å². The van der Waals surface area contributed by atoms with E-state index < -0.39 is 0 Å². The first-order valence-electron chi connectivity index (χ1n) is 11.7. The van der Waals surface area contributed by atoms with E-state index in [1.165, 1.54) is 5.56 Å². The van der Waals surface area contributed by atoms with Gasteiger partial charge in [-0.1, -0.05) is 127 Å². The Morgan fingerprint density at radius 2 is 0.971 bits per heavy atom. The standard InChI is InChI=1S/C32H23N3/c1-22-16-18-24(19-17-22)28-21-20-23-10-8-9-15-27(23)29(28)32-34-30(25-11-4-2-5-12-25)33-31(35-32)26-13-6-3-7-14-26/h2-21H,1H3. The maximum Gasteiger partial charge on any atom is 0.165 e. The summed E-state index contributed by atoms with van der Waals surface area (Å²) < 4.78 is 0. The predicted octanol–water partition coefficient (Wildman–Crippen LogP) is 8.00. The largest absolute Gasteiger partial charge is 0.208 e.